The van der Waals surface area contributed by atoms with Crippen LogP contribution in [0.1, 0.15) is 13.8 Å². The molecule has 0 radical (unpaired) electrons. The molecular weight excluding hydrogens is 214 g/mol. The van der Waals surface area contributed by atoms with Crippen molar-refractivity contribution < 1.29 is 0 Å². The van der Waals surface area contributed by atoms with Crippen molar-refractivity contribution in [1.29, 1.82) is 0 Å². The number of benzene rings is 1. The topological polar surface area (TPSA) is 3.24 Å². The van der Waals surface area contributed by atoms with Gasteiger partial charge in [-0.15, -0.1) is 0 Å². The first kappa shape index (κ1) is 9.59. The van der Waals surface area contributed by atoms with Crippen LogP contribution in [0.3, 0.4) is 0 Å². The van der Waals surface area contributed by atoms with Crippen LogP contribution in [-0.2, 0) is 0 Å². The van der Waals surface area contributed by atoms with E-state index in [1.54, 1.807) is 0 Å². The summed E-state index contributed by atoms with van der Waals surface area (Å²) in [5.41, 5.74) is 1.29. The van der Waals surface area contributed by atoms with Crippen LogP contribution in [0.4, 0.5) is 5.69 Å². The highest BCUT2D eigenvalue weighted by Crippen LogP contribution is 2.17. The van der Waals surface area contributed by atoms with E-state index in [2.05, 4.69) is 58.9 Å². The highest BCUT2D eigenvalue weighted by Gasteiger charge is 1.99. The quantitative estimate of drug-likeness (QED) is 0.767. The smallest absolute Gasteiger partial charge is 0.0366 e. The molecule has 0 saturated heterocycles. The highest BCUT2D eigenvalue weighted by molar-refractivity contribution is 9.10. The van der Waals surface area contributed by atoms with Gasteiger partial charge in [0.2, 0.25) is 0 Å². The second kappa shape index (κ2) is 4.51. The predicted molar refractivity (Wildman–Crippen MR) is 57.7 cm³/mol. The third kappa shape index (κ3) is 2.24. The van der Waals surface area contributed by atoms with Gasteiger partial charge in [-0.2, -0.15) is 0 Å². The van der Waals surface area contributed by atoms with Crippen LogP contribution in [0.2, 0.25) is 0 Å². The summed E-state index contributed by atoms with van der Waals surface area (Å²) in [4.78, 5) is 2.33. The Labute approximate surface area is 82.5 Å². The third-order valence-electron chi connectivity index (χ3n) is 1.96. The van der Waals surface area contributed by atoms with Gasteiger partial charge in [0, 0.05) is 23.2 Å². The number of anilines is 1. The van der Waals surface area contributed by atoms with E-state index in [1.165, 1.54) is 5.69 Å². The molecule has 12 heavy (non-hydrogen) atoms. The molecule has 1 nitrogen and oxygen atoms in total. The van der Waals surface area contributed by atoms with Crippen LogP contribution in [0, 0.1) is 0 Å². The van der Waals surface area contributed by atoms with E-state index < -0.39 is 0 Å². The van der Waals surface area contributed by atoms with E-state index in [9.17, 15) is 0 Å². The van der Waals surface area contributed by atoms with Gasteiger partial charge in [-0.3, -0.25) is 0 Å². The van der Waals surface area contributed by atoms with Crippen LogP contribution in [0.25, 0.3) is 0 Å². The van der Waals surface area contributed by atoms with Crippen LogP contribution in [0.15, 0.2) is 28.7 Å². The summed E-state index contributed by atoms with van der Waals surface area (Å²) in [6.45, 7) is 6.48. The molecule has 0 fully saturated rings. The SMILES string of the molecule is CCN(CC)c1ccc(Br)cc1. The van der Waals surface area contributed by atoms with E-state index in [4.69, 9.17) is 0 Å². The summed E-state index contributed by atoms with van der Waals surface area (Å²) in [7, 11) is 0. The van der Waals surface area contributed by atoms with Gasteiger partial charge in [0.15, 0.2) is 0 Å². The first-order valence-electron chi connectivity index (χ1n) is 4.28. The van der Waals surface area contributed by atoms with E-state index in [-0.39, 0.29) is 0 Å². The number of hydrogen-bond donors (Lipinski definition) is 0. The van der Waals surface area contributed by atoms with Crippen LogP contribution in [-0.4, -0.2) is 13.1 Å². The van der Waals surface area contributed by atoms with E-state index in [0.29, 0.717) is 0 Å². The first-order chi connectivity index (χ1) is 5.77. The van der Waals surface area contributed by atoms with Gasteiger partial charge in [0.25, 0.3) is 0 Å². The average Bonchev–Trinajstić information content (AvgIpc) is 2.10. The monoisotopic (exact) mass is 227 g/mol. The van der Waals surface area contributed by atoms with Crippen molar-refractivity contribution in [1.82, 2.24) is 0 Å². The maximum Gasteiger partial charge on any atom is 0.0366 e. The number of hydrogen-bond acceptors (Lipinski definition) is 1. The van der Waals surface area contributed by atoms with Crippen molar-refractivity contribution in [3.63, 3.8) is 0 Å². The third-order valence-corrected chi connectivity index (χ3v) is 2.48. The average molecular weight is 228 g/mol. The van der Waals surface area contributed by atoms with Gasteiger partial charge in [0.1, 0.15) is 0 Å². The summed E-state index contributed by atoms with van der Waals surface area (Å²) in [5, 5.41) is 0. The lowest BCUT2D eigenvalue weighted by Gasteiger charge is -2.20. The zero-order valence-corrected chi connectivity index (χ0v) is 9.13. The Morgan fingerprint density at radius 2 is 1.58 bits per heavy atom. The minimum atomic E-state index is 1.07. The van der Waals surface area contributed by atoms with Crippen molar-refractivity contribution >= 4 is 21.6 Å². The summed E-state index contributed by atoms with van der Waals surface area (Å²) in [6.07, 6.45) is 0. The molecule has 0 aliphatic rings. The molecule has 0 unspecified atom stereocenters. The van der Waals surface area contributed by atoms with Crippen molar-refractivity contribution in [3.05, 3.63) is 28.7 Å². The molecule has 0 bridgehead atoms. The fraction of sp³-hybridized carbons (Fsp3) is 0.400. The lowest BCUT2D eigenvalue weighted by Crippen LogP contribution is -2.21. The molecule has 0 spiro atoms. The second-order valence-corrected chi connectivity index (χ2v) is 3.56. The normalized spacial score (nSPS) is 9.92. The minimum Gasteiger partial charge on any atom is -0.372 e. The zero-order valence-electron chi connectivity index (χ0n) is 7.55. The van der Waals surface area contributed by atoms with Crippen molar-refractivity contribution in [3.8, 4) is 0 Å². The van der Waals surface area contributed by atoms with E-state index in [1.807, 2.05) is 0 Å². The molecule has 1 rings (SSSR count). The van der Waals surface area contributed by atoms with Gasteiger partial charge in [-0.1, -0.05) is 15.9 Å². The fourth-order valence-electron chi connectivity index (χ4n) is 1.24. The molecule has 0 aliphatic carbocycles. The Bertz CT molecular complexity index is 226. The van der Waals surface area contributed by atoms with E-state index >= 15 is 0 Å². The molecule has 0 saturated carbocycles. The summed E-state index contributed by atoms with van der Waals surface area (Å²) in [5.74, 6) is 0. The van der Waals surface area contributed by atoms with Crippen LogP contribution >= 0.6 is 15.9 Å². The minimum absolute atomic E-state index is 1.07. The Balaban J connectivity index is 2.80. The molecule has 66 valence electrons. The van der Waals surface area contributed by atoms with Crippen LogP contribution < -0.4 is 4.90 Å². The van der Waals surface area contributed by atoms with Crippen molar-refractivity contribution in [2.24, 2.45) is 0 Å². The number of rotatable bonds is 3. The van der Waals surface area contributed by atoms with Crippen molar-refractivity contribution in [2.75, 3.05) is 18.0 Å². The fourth-order valence-corrected chi connectivity index (χ4v) is 1.50. The Kier molecular flexibility index (Phi) is 3.60. The Morgan fingerprint density at radius 3 is 2.00 bits per heavy atom. The van der Waals surface area contributed by atoms with Crippen LogP contribution in [0.5, 0.6) is 0 Å². The molecule has 0 atom stereocenters. The predicted octanol–water partition coefficient (Wildman–Crippen LogP) is 3.30. The second-order valence-electron chi connectivity index (χ2n) is 2.65. The first-order valence-corrected chi connectivity index (χ1v) is 5.07. The van der Waals surface area contributed by atoms with Gasteiger partial charge >= 0.3 is 0 Å². The Morgan fingerprint density at radius 1 is 1.08 bits per heavy atom. The molecule has 0 heterocycles. The van der Waals surface area contributed by atoms with Gasteiger partial charge in [-0.25, -0.2) is 0 Å². The molecule has 0 aliphatic heterocycles. The van der Waals surface area contributed by atoms with Gasteiger partial charge in [0.05, 0.1) is 0 Å². The zero-order chi connectivity index (χ0) is 8.97. The lowest BCUT2D eigenvalue weighted by atomic mass is 10.3. The van der Waals surface area contributed by atoms with Gasteiger partial charge in [-0.05, 0) is 38.1 Å². The number of halogens is 1. The Hall–Kier alpha value is -0.500. The summed E-state index contributed by atoms with van der Waals surface area (Å²) >= 11 is 3.42. The molecule has 0 amide bonds. The molecule has 1 aromatic carbocycles. The van der Waals surface area contributed by atoms with Crippen molar-refractivity contribution in [2.45, 2.75) is 13.8 Å². The molecule has 0 N–H and O–H groups in total. The molecular formula is C10H14BrN. The van der Waals surface area contributed by atoms with Gasteiger partial charge < -0.3 is 4.90 Å². The maximum atomic E-state index is 3.42. The molecule has 1 aromatic rings. The van der Waals surface area contributed by atoms with E-state index in [0.717, 1.165) is 17.6 Å². The lowest BCUT2D eigenvalue weighted by molar-refractivity contribution is 0.866. The number of nitrogens with zero attached hydrogens (tertiary/aromatic N) is 1. The highest BCUT2D eigenvalue weighted by atomic mass is 79.9. The largest absolute Gasteiger partial charge is 0.372 e. The maximum absolute atomic E-state index is 3.42. The molecule has 0 aromatic heterocycles. The summed E-state index contributed by atoms with van der Waals surface area (Å²) in [6, 6.07) is 8.43. The standard InChI is InChI=1S/C10H14BrN/c1-3-12(4-2)10-7-5-9(11)6-8-10/h5-8H,3-4H2,1-2H3. The molecule has 2 heteroatoms. The summed E-state index contributed by atoms with van der Waals surface area (Å²) < 4.78 is 1.14.